The zero-order chi connectivity index (χ0) is 19.6. The Kier molecular flexibility index (Phi) is 4.71. The minimum Gasteiger partial charge on any atom is -0.499 e. The fourth-order valence-electron chi connectivity index (χ4n) is 2.50. The van der Waals surface area contributed by atoms with Gasteiger partial charge in [-0.3, -0.25) is 14.9 Å². The van der Waals surface area contributed by atoms with Crippen molar-refractivity contribution in [2.45, 2.75) is 6.92 Å². The second kappa shape index (κ2) is 7.12. The highest BCUT2D eigenvalue weighted by atomic mass is 16.6. The topological polar surface area (TPSA) is 141 Å². The van der Waals surface area contributed by atoms with Crippen molar-refractivity contribution in [3.8, 4) is 22.9 Å². The number of hydrogen-bond acceptors (Lipinski definition) is 8. The van der Waals surface area contributed by atoms with Gasteiger partial charge in [0.25, 0.3) is 5.91 Å². The summed E-state index contributed by atoms with van der Waals surface area (Å²) in [5, 5.41) is 28.1. The molecule has 3 rings (SSSR count). The molecule has 0 spiro atoms. The molecule has 0 saturated heterocycles. The highest BCUT2D eigenvalue weighted by molar-refractivity contribution is 6.12. The van der Waals surface area contributed by atoms with Crippen molar-refractivity contribution in [3.63, 3.8) is 0 Å². The number of rotatable bonds is 5. The first-order valence-electron chi connectivity index (χ1n) is 7.67. The summed E-state index contributed by atoms with van der Waals surface area (Å²) >= 11 is 0. The molecular formula is C17H14N4O6. The smallest absolute Gasteiger partial charge is 0.328 e. The first-order chi connectivity index (χ1) is 12.9. The number of phenolic OH excluding ortho intramolecular Hbond substituents is 1. The molecule has 0 aliphatic carbocycles. The summed E-state index contributed by atoms with van der Waals surface area (Å²) < 4.78 is 9.90. The number of nitrogens with one attached hydrogen (secondary N) is 1. The van der Waals surface area contributed by atoms with Crippen molar-refractivity contribution in [2.24, 2.45) is 0 Å². The predicted molar refractivity (Wildman–Crippen MR) is 93.7 cm³/mol. The van der Waals surface area contributed by atoms with Crippen molar-refractivity contribution in [3.05, 3.63) is 58.0 Å². The molecule has 2 N–H and O–H groups in total. The summed E-state index contributed by atoms with van der Waals surface area (Å²) in [6, 6.07) is 9.62. The van der Waals surface area contributed by atoms with Crippen LogP contribution in [0.1, 0.15) is 16.2 Å². The maximum absolute atomic E-state index is 12.8. The number of phenols is 1. The summed E-state index contributed by atoms with van der Waals surface area (Å²) in [5.41, 5.74) is -0.827. The van der Waals surface area contributed by atoms with Gasteiger partial charge in [-0.2, -0.15) is 4.98 Å². The van der Waals surface area contributed by atoms with Crippen LogP contribution < -0.4 is 10.1 Å². The van der Waals surface area contributed by atoms with Crippen molar-refractivity contribution < 1.29 is 24.1 Å². The zero-order valence-electron chi connectivity index (χ0n) is 14.3. The van der Waals surface area contributed by atoms with Gasteiger partial charge in [-0.05, 0) is 18.2 Å². The quantitative estimate of drug-likeness (QED) is 0.516. The highest BCUT2D eigenvalue weighted by Gasteiger charge is 2.34. The van der Waals surface area contributed by atoms with Crippen LogP contribution in [0, 0.1) is 17.0 Å². The third-order valence-corrected chi connectivity index (χ3v) is 3.67. The fraction of sp³-hybridized carbons (Fsp3) is 0.118. The number of benzene rings is 2. The van der Waals surface area contributed by atoms with Crippen molar-refractivity contribution in [1.29, 1.82) is 0 Å². The number of ether oxygens (including phenoxy) is 1. The molecule has 3 aromatic rings. The van der Waals surface area contributed by atoms with Crippen LogP contribution in [0.25, 0.3) is 11.4 Å². The Morgan fingerprint density at radius 2 is 2.04 bits per heavy atom. The Morgan fingerprint density at radius 1 is 1.33 bits per heavy atom. The predicted octanol–water partition coefficient (Wildman–Crippen LogP) is 2.92. The lowest BCUT2D eigenvalue weighted by atomic mass is 10.0. The number of methoxy groups -OCH3 is 1. The molecule has 138 valence electrons. The van der Waals surface area contributed by atoms with E-state index in [2.05, 4.69) is 15.5 Å². The van der Waals surface area contributed by atoms with E-state index in [1.54, 1.807) is 30.3 Å². The van der Waals surface area contributed by atoms with Crippen molar-refractivity contribution in [1.82, 2.24) is 10.1 Å². The number of carbonyl (C=O) groups is 1. The Bertz CT molecular complexity index is 1020. The lowest BCUT2D eigenvalue weighted by Crippen LogP contribution is -2.16. The Hall–Kier alpha value is -3.95. The van der Waals surface area contributed by atoms with Crippen LogP contribution in [0.3, 0.4) is 0 Å². The van der Waals surface area contributed by atoms with Gasteiger partial charge in [0.05, 0.1) is 12.0 Å². The van der Waals surface area contributed by atoms with E-state index in [0.29, 0.717) is 5.69 Å². The van der Waals surface area contributed by atoms with E-state index in [1.165, 1.54) is 20.1 Å². The molecule has 0 atom stereocenters. The van der Waals surface area contributed by atoms with Gasteiger partial charge < -0.3 is 19.7 Å². The summed E-state index contributed by atoms with van der Waals surface area (Å²) in [4.78, 5) is 27.6. The summed E-state index contributed by atoms with van der Waals surface area (Å²) in [6.45, 7) is 1.53. The van der Waals surface area contributed by atoms with Gasteiger partial charge in [0.2, 0.25) is 17.5 Å². The first-order valence-corrected chi connectivity index (χ1v) is 7.67. The molecule has 0 bridgehead atoms. The van der Waals surface area contributed by atoms with Gasteiger partial charge >= 0.3 is 5.69 Å². The molecule has 27 heavy (non-hydrogen) atoms. The van der Waals surface area contributed by atoms with Crippen LogP contribution in [0.4, 0.5) is 11.4 Å². The van der Waals surface area contributed by atoms with E-state index < -0.39 is 27.8 Å². The molecular weight excluding hydrogens is 356 g/mol. The van der Waals surface area contributed by atoms with Gasteiger partial charge in [-0.15, -0.1) is 0 Å². The molecule has 0 aliphatic heterocycles. The number of anilines is 1. The molecule has 0 aliphatic rings. The maximum atomic E-state index is 12.8. The van der Waals surface area contributed by atoms with E-state index in [4.69, 9.17) is 9.26 Å². The molecule has 10 heteroatoms. The molecule has 0 radical (unpaired) electrons. The number of nitro groups is 1. The van der Waals surface area contributed by atoms with E-state index in [9.17, 15) is 20.0 Å². The molecule has 0 fully saturated rings. The average molecular weight is 370 g/mol. The molecule has 1 heterocycles. The molecule has 0 unspecified atom stereocenters. The second-order valence-corrected chi connectivity index (χ2v) is 5.41. The average Bonchev–Trinajstić information content (AvgIpc) is 3.08. The fourth-order valence-corrected chi connectivity index (χ4v) is 2.50. The second-order valence-electron chi connectivity index (χ2n) is 5.41. The monoisotopic (exact) mass is 370 g/mol. The third-order valence-electron chi connectivity index (χ3n) is 3.67. The number of para-hydroxylation sites is 1. The maximum Gasteiger partial charge on any atom is 0.328 e. The van der Waals surface area contributed by atoms with Crippen molar-refractivity contribution in [2.75, 3.05) is 12.4 Å². The summed E-state index contributed by atoms with van der Waals surface area (Å²) in [5.74, 6) is -1.63. The minimum absolute atomic E-state index is 0.0124. The molecule has 1 amide bonds. The van der Waals surface area contributed by atoms with Crippen LogP contribution in [0.15, 0.2) is 40.9 Å². The number of aryl methyl sites for hydroxylation is 1. The van der Waals surface area contributed by atoms with Crippen LogP contribution in [0.5, 0.6) is 11.5 Å². The van der Waals surface area contributed by atoms with E-state index in [1.807, 2.05) is 0 Å². The lowest BCUT2D eigenvalue weighted by Gasteiger charge is -2.12. The van der Waals surface area contributed by atoms with E-state index >= 15 is 0 Å². The Balaban J connectivity index is 2.24. The third kappa shape index (κ3) is 3.40. The van der Waals surface area contributed by atoms with E-state index in [-0.39, 0.29) is 23.0 Å². The number of carbonyl (C=O) groups excluding carboxylic acids is 1. The number of nitrogens with zero attached hydrogens (tertiary/aromatic N) is 3. The highest BCUT2D eigenvalue weighted by Crippen LogP contribution is 2.43. The van der Waals surface area contributed by atoms with Gasteiger partial charge in [-0.1, -0.05) is 23.4 Å². The Labute approximate surface area is 152 Å². The largest absolute Gasteiger partial charge is 0.499 e. The van der Waals surface area contributed by atoms with Gasteiger partial charge in [-0.25, -0.2) is 0 Å². The number of aromatic nitrogens is 2. The molecule has 10 nitrogen and oxygen atoms in total. The van der Waals surface area contributed by atoms with Crippen LogP contribution >= 0.6 is 0 Å². The van der Waals surface area contributed by atoms with Crippen LogP contribution in [-0.2, 0) is 0 Å². The first kappa shape index (κ1) is 17.9. The van der Waals surface area contributed by atoms with Crippen molar-refractivity contribution >= 4 is 17.3 Å². The summed E-state index contributed by atoms with van der Waals surface area (Å²) in [6.07, 6.45) is 0. The Morgan fingerprint density at radius 3 is 2.59 bits per heavy atom. The zero-order valence-corrected chi connectivity index (χ0v) is 14.3. The van der Waals surface area contributed by atoms with Crippen LogP contribution in [0.2, 0.25) is 0 Å². The molecule has 2 aromatic carbocycles. The van der Waals surface area contributed by atoms with Crippen LogP contribution in [-0.4, -0.2) is 33.2 Å². The van der Waals surface area contributed by atoms with E-state index in [0.717, 1.165) is 0 Å². The standard InChI is InChI=1S/C17H14N4O6/c1-9-18-16(20-27-9)11-8-12(26-2)15(22)14(21(24)25)13(11)17(23)19-10-6-4-3-5-7-10/h3-8,22H,1-2H3,(H,19,23). The van der Waals surface area contributed by atoms with Gasteiger partial charge in [0.15, 0.2) is 5.75 Å². The summed E-state index contributed by atoms with van der Waals surface area (Å²) in [7, 11) is 1.23. The normalized spacial score (nSPS) is 10.4. The number of nitro benzene ring substituents is 1. The van der Waals surface area contributed by atoms with Gasteiger partial charge in [0.1, 0.15) is 5.56 Å². The SMILES string of the molecule is COc1cc(-c2noc(C)n2)c(C(=O)Nc2ccccc2)c([N+](=O)[O-])c1O. The number of hydrogen-bond donors (Lipinski definition) is 2. The molecule has 1 aromatic heterocycles. The van der Waals surface area contributed by atoms with Gasteiger partial charge in [0, 0.05) is 18.2 Å². The number of amides is 1. The lowest BCUT2D eigenvalue weighted by molar-refractivity contribution is -0.386. The molecule has 0 saturated carbocycles. The number of aromatic hydroxyl groups is 1. The minimum atomic E-state index is -0.867.